The van der Waals surface area contributed by atoms with E-state index in [-0.39, 0.29) is 17.6 Å². The quantitative estimate of drug-likeness (QED) is 0.143. The van der Waals surface area contributed by atoms with Crippen molar-refractivity contribution in [3.63, 3.8) is 0 Å². The van der Waals surface area contributed by atoms with Gasteiger partial charge in [0.25, 0.3) is 0 Å². The maximum Gasteiger partial charge on any atom is 0.345 e. The van der Waals surface area contributed by atoms with Crippen LogP contribution in [0.2, 0.25) is 0 Å². The second kappa shape index (κ2) is 12.4. The fraction of sp³-hybridized carbons (Fsp3) is 0.600. The molecule has 232 valence electrons. The Labute approximate surface area is 244 Å². The largest absolute Gasteiger partial charge is 0.378 e. The van der Waals surface area contributed by atoms with E-state index in [1.165, 1.54) is 0 Å². The summed E-state index contributed by atoms with van der Waals surface area (Å²) in [5.41, 5.74) is 2.34. The Morgan fingerprint density at radius 3 is 1.31 bits per heavy atom. The Kier molecular flexibility index (Phi) is 9.25. The molecule has 0 heterocycles. The second-order valence-corrected chi connectivity index (χ2v) is 14.8. The average molecular weight is 633 g/mol. The SMILES string of the molecule is O=S(=O)(O)c1c(F)c(F)c(S(=O)(=O)Oc2c(C3CCCCC3)cc(C3CCCCC3)cc2C2CCCCC2)c(F)c1F. The molecule has 12 heteroatoms. The normalized spacial score (nSPS) is 20.1. The Morgan fingerprint density at radius 1 is 0.571 bits per heavy atom. The molecule has 3 fully saturated rings. The zero-order valence-electron chi connectivity index (χ0n) is 23.3. The molecule has 3 aliphatic carbocycles. The molecule has 0 unspecified atom stereocenters. The minimum Gasteiger partial charge on any atom is -0.378 e. The van der Waals surface area contributed by atoms with E-state index in [2.05, 4.69) is 0 Å². The number of rotatable bonds is 7. The first-order chi connectivity index (χ1) is 19.9. The van der Waals surface area contributed by atoms with Crippen LogP contribution in [0, 0.1) is 23.3 Å². The summed E-state index contributed by atoms with van der Waals surface area (Å²) < 4.78 is 124. The highest BCUT2D eigenvalue weighted by Crippen LogP contribution is 2.48. The van der Waals surface area contributed by atoms with E-state index in [1.54, 1.807) is 0 Å². The third-order valence-electron chi connectivity index (χ3n) is 9.22. The molecule has 42 heavy (non-hydrogen) atoms. The Balaban J connectivity index is 1.69. The summed E-state index contributed by atoms with van der Waals surface area (Å²) in [5.74, 6) is -9.97. The standard InChI is InChI=1S/C30H36F4O6S2/c31-24-26(33)30(27(34)25(32)29(24)41(35,36)37)42(38,39)40-28-22(19-12-6-2-7-13-19)16-21(18-10-4-1-5-11-18)17-23(28)20-14-8-3-9-15-20/h16-20H,1-15H2,(H,35,36,37). The first-order valence-electron chi connectivity index (χ1n) is 14.9. The van der Waals surface area contributed by atoms with Crippen LogP contribution in [0.5, 0.6) is 5.75 Å². The molecule has 0 bridgehead atoms. The van der Waals surface area contributed by atoms with Crippen LogP contribution in [0.25, 0.3) is 0 Å². The van der Waals surface area contributed by atoms with Crippen LogP contribution in [0.3, 0.4) is 0 Å². The predicted molar refractivity (Wildman–Crippen MR) is 148 cm³/mol. The number of hydrogen-bond donors (Lipinski definition) is 1. The summed E-state index contributed by atoms with van der Waals surface area (Å²) in [6.45, 7) is 0. The highest BCUT2D eigenvalue weighted by atomic mass is 32.2. The van der Waals surface area contributed by atoms with E-state index in [9.17, 15) is 25.6 Å². The number of halogens is 4. The lowest BCUT2D eigenvalue weighted by molar-refractivity contribution is 0.370. The number of benzene rings is 2. The van der Waals surface area contributed by atoms with Crippen LogP contribution in [0.15, 0.2) is 21.9 Å². The van der Waals surface area contributed by atoms with E-state index in [0.29, 0.717) is 17.0 Å². The molecule has 0 aliphatic heterocycles. The summed E-state index contributed by atoms with van der Waals surface area (Å²) in [6, 6.07) is 3.91. The summed E-state index contributed by atoms with van der Waals surface area (Å²) in [6.07, 6.45) is 14.1. The van der Waals surface area contributed by atoms with Gasteiger partial charge in [0.2, 0.25) is 0 Å². The molecule has 2 aromatic rings. The van der Waals surface area contributed by atoms with E-state index in [4.69, 9.17) is 8.74 Å². The van der Waals surface area contributed by atoms with Crippen molar-refractivity contribution in [2.45, 2.75) is 124 Å². The minimum atomic E-state index is -5.75. The monoisotopic (exact) mass is 632 g/mol. The summed E-state index contributed by atoms with van der Waals surface area (Å²) >= 11 is 0. The van der Waals surface area contributed by atoms with Gasteiger partial charge in [-0.05, 0) is 73.0 Å². The predicted octanol–water partition coefficient (Wildman–Crippen LogP) is 8.40. The third-order valence-corrected chi connectivity index (χ3v) is 11.3. The van der Waals surface area contributed by atoms with Crippen molar-refractivity contribution in [3.8, 4) is 5.75 Å². The van der Waals surface area contributed by atoms with Crippen LogP contribution in [0.4, 0.5) is 17.6 Å². The van der Waals surface area contributed by atoms with Gasteiger partial charge in [-0.1, -0.05) is 69.9 Å². The Hall–Kier alpha value is -2.18. The van der Waals surface area contributed by atoms with Crippen LogP contribution >= 0.6 is 0 Å². The maximum atomic E-state index is 15.0. The minimum absolute atomic E-state index is 0.0492. The zero-order valence-corrected chi connectivity index (χ0v) is 24.9. The molecule has 6 nitrogen and oxygen atoms in total. The van der Waals surface area contributed by atoms with Gasteiger partial charge in [-0.25, -0.2) is 17.6 Å². The molecule has 0 saturated heterocycles. The van der Waals surface area contributed by atoms with E-state index in [1.807, 2.05) is 12.1 Å². The molecule has 3 aliphatic rings. The molecule has 2 aromatic carbocycles. The second-order valence-electron chi connectivity index (χ2n) is 12.0. The van der Waals surface area contributed by atoms with Crippen molar-refractivity contribution in [1.82, 2.24) is 0 Å². The molecule has 3 saturated carbocycles. The van der Waals surface area contributed by atoms with E-state index in [0.717, 1.165) is 102 Å². The first-order valence-corrected chi connectivity index (χ1v) is 17.7. The van der Waals surface area contributed by atoms with Crippen LogP contribution < -0.4 is 4.18 Å². The first kappa shape index (κ1) is 31.3. The molecule has 0 amide bonds. The van der Waals surface area contributed by atoms with E-state index >= 15 is 8.78 Å². The Bertz CT molecular complexity index is 1470. The van der Waals surface area contributed by atoms with Gasteiger partial charge in [0, 0.05) is 0 Å². The van der Waals surface area contributed by atoms with Crippen LogP contribution in [-0.2, 0) is 20.2 Å². The Morgan fingerprint density at radius 2 is 0.929 bits per heavy atom. The fourth-order valence-electron chi connectivity index (χ4n) is 7.09. The van der Waals surface area contributed by atoms with Gasteiger partial charge < -0.3 is 4.18 Å². The van der Waals surface area contributed by atoms with Gasteiger partial charge in [-0.2, -0.15) is 16.8 Å². The van der Waals surface area contributed by atoms with Gasteiger partial charge in [0.05, 0.1) is 0 Å². The maximum absolute atomic E-state index is 15.0. The van der Waals surface area contributed by atoms with Crippen molar-refractivity contribution in [3.05, 3.63) is 52.1 Å². The van der Waals surface area contributed by atoms with Crippen LogP contribution in [0.1, 0.15) is 131 Å². The van der Waals surface area contributed by atoms with Gasteiger partial charge in [-0.3, -0.25) is 4.55 Å². The third kappa shape index (κ3) is 6.22. The highest BCUT2D eigenvalue weighted by Gasteiger charge is 2.40. The summed E-state index contributed by atoms with van der Waals surface area (Å²) in [5, 5.41) is 0. The molecule has 0 radical (unpaired) electrons. The lowest BCUT2D eigenvalue weighted by atomic mass is 9.75. The van der Waals surface area contributed by atoms with Gasteiger partial charge in [0.1, 0.15) is 5.75 Å². The van der Waals surface area contributed by atoms with E-state index < -0.39 is 53.3 Å². The molecule has 5 rings (SSSR count). The molecule has 0 atom stereocenters. The van der Waals surface area contributed by atoms with Crippen molar-refractivity contribution in [2.75, 3.05) is 0 Å². The molecule has 1 N–H and O–H groups in total. The van der Waals surface area contributed by atoms with Gasteiger partial charge >= 0.3 is 20.2 Å². The molecular weight excluding hydrogens is 596 g/mol. The smallest absolute Gasteiger partial charge is 0.345 e. The highest BCUT2D eigenvalue weighted by molar-refractivity contribution is 7.87. The molecule has 0 spiro atoms. The average Bonchev–Trinajstić information content (AvgIpc) is 2.97. The van der Waals surface area contributed by atoms with Gasteiger partial charge in [-0.15, -0.1) is 0 Å². The van der Waals surface area contributed by atoms with Gasteiger partial charge in [0.15, 0.2) is 33.1 Å². The molecular formula is C30H36F4O6S2. The lowest BCUT2D eigenvalue weighted by Gasteiger charge is -2.32. The summed E-state index contributed by atoms with van der Waals surface area (Å²) in [4.78, 5) is -4.38. The molecule has 0 aromatic heterocycles. The van der Waals surface area contributed by atoms with Crippen molar-refractivity contribution in [2.24, 2.45) is 0 Å². The zero-order chi connectivity index (χ0) is 30.2. The van der Waals surface area contributed by atoms with Crippen molar-refractivity contribution in [1.29, 1.82) is 0 Å². The lowest BCUT2D eigenvalue weighted by Crippen LogP contribution is -2.22. The fourth-order valence-corrected chi connectivity index (χ4v) is 8.83. The van der Waals surface area contributed by atoms with Crippen molar-refractivity contribution >= 4 is 20.2 Å². The van der Waals surface area contributed by atoms with Crippen LogP contribution in [-0.4, -0.2) is 21.4 Å². The number of hydrogen-bond acceptors (Lipinski definition) is 5. The summed E-state index contributed by atoms with van der Waals surface area (Å²) in [7, 11) is -11.3. The van der Waals surface area contributed by atoms with Crippen molar-refractivity contribution < 1.29 is 43.1 Å². The topological polar surface area (TPSA) is 97.7 Å².